The van der Waals surface area contributed by atoms with E-state index in [1.807, 2.05) is 37.3 Å². The summed E-state index contributed by atoms with van der Waals surface area (Å²) in [6.07, 6.45) is 3.88. The van der Waals surface area contributed by atoms with Crippen molar-refractivity contribution in [3.05, 3.63) is 59.4 Å². The van der Waals surface area contributed by atoms with Gasteiger partial charge in [-0.25, -0.2) is 0 Å². The maximum absolute atomic E-state index is 12.4. The van der Waals surface area contributed by atoms with Crippen molar-refractivity contribution in [3.63, 3.8) is 0 Å². The topological polar surface area (TPSA) is 45.2 Å². The quantitative estimate of drug-likeness (QED) is 0.799. The average molecular weight is 325 g/mol. The summed E-state index contributed by atoms with van der Waals surface area (Å²) in [6.45, 7) is 8.87. The van der Waals surface area contributed by atoms with E-state index in [0.29, 0.717) is 12.2 Å². The summed E-state index contributed by atoms with van der Waals surface area (Å²) < 4.78 is 0. The fraction of sp³-hybridized carbons (Fsp3) is 0.400. The van der Waals surface area contributed by atoms with E-state index in [2.05, 4.69) is 35.1 Å². The van der Waals surface area contributed by atoms with Crippen LogP contribution in [0.25, 0.3) is 0 Å². The zero-order chi connectivity index (χ0) is 17.4. The number of hydrogen-bond donors (Lipinski definition) is 1. The molecular weight excluding hydrogens is 298 g/mol. The molecule has 0 atom stereocenters. The highest BCUT2D eigenvalue weighted by molar-refractivity contribution is 5.93. The molecule has 0 unspecified atom stereocenters. The third kappa shape index (κ3) is 5.08. The smallest absolute Gasteiger partial charge is 0.270 e. The second-order valence-corrected chi connectivity index (χ2v) is 6.06. The molecule has 0 aliphatic carbocycles. The number of rotatable bonds is 8. The molecule has 1 N–H and O–H groups in total. The summed E-state index contributed by atoms with van der Waals surface area (Å²) >= 11 is 0. The van der Waals surface area contributed by atoms with Crippen molar-refractivity contribution in [1.82, 2.24) is 10.3 Å². The third-order valence-electron chi connectivity index (χ3n) is 3.86. The Labute approximate surface area is 144 Å². The second-order valence-electron chi connectivity index (χ2n) is 6.06. The van der Waals surface area contributed by atoms with Crippen LogP contribution in [0.5, 0.6) is 0 Å². The molecule has 0 aliphatic rings. The number of nitrogens with one attached hydrogen (secondary N) is 1. The Morgan fingerprint density at radius 3 is 2.54 bits per heavy atom. The van der Waals surface area contributed by atoms with Crippen LogP contribution in [0, 0.1) is 6.92 Å². The molecule has 1 heterocycles. The van der Waals surface area contributed by atoms with E-state index in [-0.39, 0.29) is 5.91 Å². The van der Waals surface area contributed by atoms with Gasteiger partial charge < -0.3 is 10.2 Å². The molecule has 2 rings (SSSR count). The van der Waals surface area contributed by atoms with E-state index in [4.69, 9.17) is 0 Å². The monoisotopic (exact) mass is 325 g/mol. The van der Waals surface area contributed by atoms with E-state index in [9.17, 15) is 4.79 Å². The van der Waals surface area contributed by atoms with Gasteiger partial charge in [-0.05, 0) is 37.5 Å². The fourth-order valence-electron chi connectivity index (χ4n) is 2.75. The first-order chi connectivity index (χ1) is 11.6. The number of anilines is 1. The standard InChI is InChI=1S/C20H27N3O/c1-4-11-23(12-5-2)18-9-10-21-19(14-18)20(24)22-15-17-8-6-7-16(3)13-17/h6-10,13-14H,4-5,11-12,15H2,1-3H3,(H,22,24). The van der Waals surface area contributed by atoms with Gasteiger partial charge in [-0.2, -0.15) is 0 Å². The van der Waals surface area contributed by atoms with Crippen LogP contribution in [0.15, 0.2) is 42.6 Å². The molecule has 0 aliphatic heterocycles. The molecule has 128 valence electrons. The first-order valence-electron chi connectivity index (χ1n) is 8.68. The van der Waals surface area contributed by atoms with Crippen LogP contribution in [0.1, 0.15) is 48.3 Å². The summed E-state index contributed by atoms with van der Waals surface area (Å²) in [4.78, 5) is 18.9. The molecule has 4 nitrogen and oxygen atoms in total. The fourth-order valence-corrected chi connectivity index (χ4v) is 2.75. The zero-order valence-electron chi connectivity index (χ0n) is 14.9. The van der Waals surface area contributed by atoms with Crippen LogP contribution < -0.4 is 10.2 Å². The van der Waals surface area contributed by atoms with Gasteiger partial charge in [-0.3, -0.25) is 9.78 Å². The normalized spacial score (nSPS) is 10.5. The van der Waals surface area contributed by atoms with Gasteiger partial charge in [0.05, 0.1) is 0 Å². The molecule has 2 aromatic rings. The summed E-state index contributed by atoms with van der Waals surface area (Å²) in [6, 6.07) is 12.0. The Balaban J connectivity index is 2.05. The maximum atomic E-state index is 12.4. The average Bonchev–Trinajstić information content (AvgIpc) is 2.60. The molecule has 0 saturated carbocycles. The van der Waals surface area contributed by atoms with Gasteiger partial charge in [0.2, 0.25) is 0 Å². The molecular formula is C20H27N3O. The minimum atomic E-state index is -0.133. The summed E-state index contributed by atoms with van der Waals surface area (Å²) in [5, 5.41) is 2.95. The number of pyridine rings is 1. The van der Waals surface area contributed by atoms with Crippen molar-refractivity contribution in [2.45, 2.75) is 40.2 Å². The highest BCUT2D eigenvalue weighted by Crippen LogP contribution is 2.16. The van der Waals surface area contributed by atoms with E-state index in [1.165, 1.54) is 5.56 Å². The highest BCUT2D eigenvalue weighted by atomic mass is 16.1. The van der Waals surface area contributed by atoms with Crippen LogP contribution in [-0.2, 0) is 6.54 Å². The lowest BCUT2D eigenvalue weighted by Crippen LogP contribution is -2.27. The summed E-state index contributed by atoms with van der Waals surface area (Å²) in [5.74, 6) is -0.133. The number of aromatic nitrogens is 1. The molecule has 1 amide bonds. The van der Waals surface area contributed by atoms with Gasteiger partial charge in [-0.1, -0.05) is 43.7 Å². The Kier molecular flexibility index (Phi) is 6.79. The number of carbonyl (C=O) groups excluding carboxylic acids is 1. The van der Waals surface area contributed by atoms with Crippen molar-refractivity contribution in [2.75, 3.05) is 18.0 Å². The molecule has 1 aromatic carbocycles. The lowest BCUT2D eigenvalue weighted by molar-refractivity contribution is 0.0946. The van der Waals surface area contributed by atoms with Gasteiger partial charge >= 0.3 is 0 Å². The molecule has 1 aromatic heterocycles. The van der Waals surface area contributed by atoms with Gasteiger partial charge in [-0.15, -0.1) is 0 Å². The predicted octanol–water partition coefficient (Wildman–Crippen LogP) is 3.95. The zero-order valence-corrected chi connectivity index (χ0v) is 14.9. The van der Waals surface area contributed by atoms with Gasteiger partial charge in [0, 0.05) is 31.5 Å². The summed E-state index contributed by atoms with van der Waals surface area (Å²) in [5.41, 5.74) is 3.82. The minimum Gasteiger partial charge on any atom is -0.371 e. The highest BCUT2D eigenvalue weighted by Gasteiger charge is 2.11. The third-order valence-corrected chi connectivity index (χ3v) is 3.86. The molecule has 0 spiro atoms. The molecule has 4 heteroatoms. The Morgan fingerprint density at radius 1 is 1.12 bits per heavy atom. The van der Waals surface area contributed by atoms with E-state index in [1.54, 1.807) is 6.20 Å². The SMILES string of the molecule is CCCN(CCC)c1ccnc(C(=O)NCc2cccc(C)c2)c1. The predicted molar refractivity (Wildman–Crippen MR) is 99.4 cm³/mol. The Morgan fingerprint density at radius 2 is 1.88 bits per heavy atom. The van der Waals surface area contributed by atoms with Crippen molar-refractivity contribution < 1.29 is 4.79 Å². The summed E-state index contributed by atoms with van der Waals surface area (Å²) in [7, 11) is 0. The Hall–Kier alpha value is -2.36. The van der Waals surface area contributed by atoms with Crippen LogP contribution in [0.3, 0.4) is 0 Å². The first kappa shape index (κ1) is 18.0. The molecule has 0 bridgehead atoms. The van der Waals surface area contributed by atoms with Crippen molar-refractivity contribution in [1.29, 1.82) is 0 Å². The van der Waals surface area contributed by atoms with Crippen molar-refractivity contribution in [2.24, 2.45) is 0 Å². The number of amides is 1. The number of nitrogens with zero attached hydrogens (tertiary/aromatic N) is 2. The van der Waals surface area contributed by atoms with Crippen LogP contribution >= 0.6 is 0 Å². The van der Waals surface area contributed by atoms with E-state index < -0.39 is 0 Å². The molecule has 24 heavy (non-hydrogen) atoms. The van der Waals surface area contributed by atoms with Crippen LogP contribution in [0.4, 0.5) is 5.69 Å². The number of benzene rings is 1. The minimum absolute atomic E-state index is 0.133. The van der Waals surface area contributed by atoms with Gasteiger partial charge in [0.15, 0.2) is 0 Å². The van der Waals surface area contributed by atoms with Crippen LogP contribution in [-0.4, -0.2) is 24.0 Å². The number of hydrogen-bond acceptors (Lipinski definition) is 3. The van der Waals surface area contributed by atoms with Crippen molar-refractivity contribution in [3.8, 4) is 0 Å². The molecule has 0 radical (unpaired) electrons. The lowest BCUT2D eigenvalue weighted by atomic mass is 10.1. The lowest BCUT2D eigenvalue weighted by Gasteiger charge is -2.23. The first-order valence-corrected chi connectivity index (χ1v) is 8.68. The number of carbonyl (C=O) groups is 1. The van der Waals surface area contributed by atoms with Gasteiger partial charge in [0.1, 0.15) is 5.69 Å². The maximum Gasteiger partial charge on any atom is 0.270 e. The van der Waals surface area contributed by atoms with Gasteiger partial charge in [0.25, 0.3) is 5.91 Å². The molecule has 0 saturated heterocycles. The van der Waals surface area contributed by atoms with Crippen LogP contribution in [0.2, 0.25) is 0 Å². The van der Waals surface area contributed by atoms with E-state index >= 15 is 0 Å². The molecule has 0 fully saturated rings. The number of aryl methyl sites for hydroxylation is 1. The van der Waals surface area contributed by atoms with Crippen molar-refractivity contribution >= 4 is 11.6 Å². The van der Waals surface area contributed by atoms with E-state index in [0.717, 1.165) is 37.2 Å². The Bertz CT molecular complexity index is 663. The second kappa shape index (κ2) is 9.06. The largest absolute Gasteiger partial charge is 0.371 e.